The van der Waals surface area contributed by atoms with E-state index in [1.807, 2.05) is 0 Å². The summed E-state index contributed by atoms with van der Waals surface area (Å²) >= 11 is 0. The Hall–Kier alpha value is -0.530. The van der Waals surface area contributed by atoms with Gasteiger partial charge in [-0.15, -0.1) is 0 Å². The van der Waals surface area contributed by atoms with Crippen molar-refractivity contribution in [1.29, 1.82) is 0 Å². The quantitative estimate of drug-likeness (QED) is 0.466. The molecule has 1 rings (SSSR count). The van der Waals surface area contributed by atoms with Crippen LogP contribution >= 0.6 is 0 Å². The van der Waals surface area contributed by atoms with Crippen molar-refractivity contribution in [2.75, 3.05) is 0 Å². The van der Waals surface area contributed by atoms with Gasteiger partial charge in [-0.1, -0.05) is 0 Å². The molecule has 2 heteroatoms. The average molecular weight is 98.1 g/mol. The molecule has 7 heavy (non-hydrogen) atoms. The zero-order valence-corrected chi connectivity index (χ0v) is 4.68. The summed E-state index contributed by atoms with van der Waals surface area (Å²) in [5.74, 6) is 0. The fourth-order valence-corrected chi connectivity index (χ4v) is 0.547. The first-order chi connectivity index (χ1) is 3.30. The van der Waals surface area contributed by atoms with E-state index in [0.29, 0.717) is 12.1 Å². The lowest BCUT2D eigenvalue weighted by Gasteiger charge is -2.04. The maximum absolute atomic E-state index is 4.08. The predicted octanol–water partition coefficient (Wildman–Crippen LogP) is 0.395. The summed E-state index contributed by atoms with van der Waals surface area (Å²) in [6, 6.07) is 1.01. The van der Waals surface area contributed by atoms with E-state index in [9.17, 15) is 0 Å². The van der Waals surface area contributed by atoms with Gasteiger partial charge < -0.3 is 5.32 Å². The van der Waals surface area contributed by atoms with Crippen LogP contribution in [0.15, 0.2) is 4.99 Å². The Morgan fingerprint density at radius 1 is 1.57 bits per heavy atom. The van der Waals surface area contributed by atoms with Crippen LogP contribution in [0.5, 0.6) is 0 Å². The third kappa shape index (κ3) is 0.734. The van der Waals surface area contributed by atoms with Gasteiger partial charge in [0, 0.05) is 6.04 Å². The van der Waals surface area contributed by atoms with Crippen molar-refractivity contribution in [3.05, 3.63) is 0 Å². The van der Waals surface area contributed by atoms with Gasteiger partial charge in [-0.25, -0.2) is 0 Å². The third-order valence-corrected chi connectivity index (χ3v) is 1.37. The molecule has 2 atom stereocenters. The molecule has 0 unspecified atom stereocenters. The highest BCUT2D eigenvalue weighted by Crippen LogP contribution is 1.99. The van der Waals surface area contributed by atoms with Crippen molar-refractivity contribution >= 4 is 6.34 Å². The molecule has 0 amide bonds. The van der Waals surface area contributed by atoms with Gasteiger partial charge in [-0.05, 0) is 13.8 Å². The van der Waals surface area contributed by atoms with Gasteiger partial charge in [0.1, 0.15) is 0 Å². The molecule has 40 valence electrons. The summed E-state index contributed by atoms with van der Waals surface area (Å²) in [4.78, 5) is 4.08. The van der Waals surface area contributed by atoms with Gasteiger partial charge >= 0.3 is 0 Å². The van der Waals surface area contributed by atoms with Crippen LogP contribution in [0.4, 0.5) is 0 Å². The first kappa shape index (κ1) is 4.62. The van der Waals surface area contributed by atoms with Crippen LogP contribution in [0, 0.1) is 0 Å². The van der Waals surface area contributed by atoms with Crippen LogP contribution in [0.3, 0.4) is 0 Å². The summed E-state index contributed by atoms with van der Waals surface area (Å²) in [6.07, 6.45) is 1.77. The molecule has 0 fully saturated rings. The van der Waals surface area contributed by atoms with Gasteiger partial charge in [0.25, 0.3) is 0 Å². The second-order valence-corrected chi connectivity index (χ2v) is 1.97. The fourth-order valence-electron chi connectivity index (χ4n) is 0.547. The average Bonchev–Trinajstić information content (AvgIpc) is 1.91. The van der Waals surface area contributed by atoms with E-state index in [2.05, 4.69) is 24.2 Å². The highest BCUT2D eigenvalue weighted by atomic mass is 15.1. The molecule has 2 nitrogen and oxygen atoms in total. The monoisotopic (exact) mass is 98.1 g/mol. The molecule has 1 aliphatic heterocycles. The Balaban J connectivity index is 2.45. The molecule has 1 heterocycles. The van der Waals surface area contributed by atoms with Crippen molar-refractivity contribution in [2.45, 2.75) is 25.9 Å². The maximum atomic E-state index is 4.08. The predicted molar refractivity (Wildman–Crippen MR) is 30.6 cm³/mol. The van der Waals surface area contributed by atoms with Crippen molar-refractivity contribution < 1.29 is 0 Å². The molecular formula is C5H10N2. The van der Waals surface area contributed by atoms with E-state index in [1.165, 1.54) is 0 Å². The molecule has 0 aliphatic carbocycles. The Morgan fingerprint density at radius 3 is 2.43 bits per heavy atom. The summed E-state index contributed by atoms with van der Waals surface area (Å²) < 4.78 is 0. The van der Waals surface area contributed by atoms with E-state index in [1.54, 1.807) is 6.34 Å². The van der Waals surface area contributed by atoms with E-state index in [4.69, 9.17) is 0 Å². The number of nitrogens with one attached hydrogen (secondary N) is 1. The van der Waals surface area contributed by atoms with Crippen LogP contribution < -0.4 is 5.32 Å². The number of nitrogens with zero attached hydrogens (tertiary/aromatic N) is 1. The van der Waals surface area contributed by atoms with Gasteiger partial charge in [0.2, 0.25) is 0 Å². The number of aliphatic imine (C=N–C) groups is 1. The number of hydrogen-bond acceptors (Lipinski definition) is 2. The molecular weight excluding hydrogens is 88.1 g/mol. The van der Waals surface area contributed by atoms with E-state index >= 15 is 0 Å². The lowest BCUT2D eigenvalue weighted by atomic mass is 10.2. The van der Waals surface area contributed by atoms with Gasteiger partial charge in [-0.3, -0.25) is 4.99 Å². The van der Waals surface area contributed by atoms with E-state index in [-0.39, 0.29) is 0 Å². The van der Waals surface area contributed by atoms with Crippen molar-refractivity contribution in [1.82, 2.24) is 5.32 Å². The zero-order chi connectivity index (χ0) is 5.28. The van der Waals surface area contributed by atoms with Crippen LogP contribution in [-0.2, 0) is 0 Å². The topological polar surface area (TPSA) is 24.4 Å². The minimum Gasteiger partial charge on any atom is -0.372 e. The molecule has 1 aliphatic rings. The molecule has 0 bridgehead atoms. The second-order valence-electron chi connectivity index (χ2n) is 1.97. The first-order valence-electron chi connectivity index (χ1n) is 2.58. The molecule has 0 aromatic heterocycles. The third-order valence-electron chi connectivity index (χ3n) is 1.37. The molecule has 0 aromatic rings. The summed E-state index contributed by atoms with van der Waals surface area (Å²) in [5.41, 5.74) is 0. The molecule has 0 saturated heterocycles. The smallest absolute Gasteiger partial charge is 0.0830 e. The normalized spacial score (nSPS) is 38.6. The number of hydrogen-bond donors (Lipinski definition) is 1. The summed E-state index contributed by atoms with van der Waals surface area (Å²) in [5, 5.41) is 3.08. The maximum Gasteiger partial charge on any atom is 0.0830 e. The lowest BCUT2D eigenvalue weighted by Crippen LogP contribution is -2.25. The zero-order valence-electron chi connectivity index (χ0n) is 4.68. The SMILES string of the molecule is C[C@@H]1N=CN[C@@H]1C. The minimum atomic E-state index is 0.472. The number of rotatable bonds is 0. The Morgan fingerprint density at radius 2 is 2.29 bits per heavy atom. The first-order valence-corrected chi connectivity index (χ1v) is 2.58. The highest BCUT2D eigenvalue weighted by molar-refractivity contribution is 5.57. The minimum absolute atomic E-state index is 0.472. The molecule has 0 aromatic carbocycles. The van der Waals surface area contributed by atoms with E-state index < -0.39 is 0 Å². The van der Waals surface area contributed by atoms with Crippen molar-refractivity contribution in [3.8, 4) is 0 Å². The second kappa shape index (κ2) is 1.52. The van der Waals surface area contributed by atoms with Gasteiger partial charge in [0.05, 0.1) is 12.4 Å². The highest BCUT2D eigenvalue weighted by Gasteiger charge is 2.11. The van der Waals surface area contributed by atoms with Crippen LogP contribution in [-0.4, -0.2) is 18.4 Å². The summed E-state index contributed by atoms with van der Waals surface area (Å²) in [6.45, 7) is 4.22. The Kier molecular flexibility index (Phi) is 1.01. The summed E-state index contributed by atoms with van der Waals surface area (Å²) in [7, 11) is 0. The van der Waals surface area contributed by atoms with E-state index in [0.717, 1.165) is 0 Å². The van der Waals surface area contributed by atoms with Gasteiger partial charge in [-0.2, -0.15) is 0 Å². The van der Waals surface area contributed by atoms with Crippen LogP contribution in [0.2, 0.25) is 0 Å². The van der Waals surface area contributed by atoms with Gasteiger partial charge in [0.15, 0.2) is 0 Å². The van der Waals surface area contributed by atoms with Crippen LogP contribution in [0.25, 0.3) is 0 Å². The molecule has 0 spiro atoms. The Labute approximate surface area is 43.6 Å². The molecule has 1 N–H and O–H groups in total. The fraction of sp³-hybridized carbons (Fsp3) is 0.800. The van der Waals surface area contributed by atoms with Crippen LogP contribution in [0.1, 0.15) is 13.8 Å². The Bertz CT molecular complexity index is 88.1. The standard InChI is InChI=1S/C5H10N2/c1-4-5(2)7-3-6-4/h3-5H,1-2H3,(H,6,7)/t4-,5+. The largest absolute Gasteiger partial charge is 0.372 e. The van der Waals surface area contributed by atoms with Crippen molar-refractivity contribution in [3.63, 3.8) is 0 Å². The molecule has 0 radical (unpaired) electrons. The molecule has 0 saturated carbocycles. The lowest BCUT2D eigenvalue weighted by molar-refractivity contribution is 0.602. The van der Waals surface area contributed by atoms with Crippen molar-refractivity contribution in [2.24, 2.45) is 4.99 Å².